The van der Waals surface area contributed by atoms with E-state index in [1.807, 2.05) is 0 Å². The van der Waals surface area contributed by atoms with Crippen LogP contribution in [0.5, 0.6) is 0 Å². The number of hydrogen-bond acceptors (Lipinski definition) is 8. The molecule has 96 valence electrons. The molecule has 0 aromatic rings. The highest BCUT2D eigenvalue weighted by atomic mass is 17.1. The van der Waals surface area contributed by atoms with Gasteiger partial charge in [0.1, 0.15) is 24.9 Å². The molecule has 0 rings (SSSR count). The zero-order chi connectivity index (χ0) is 12.7. The van der Waals surface area contributed by atoms with Crippen LogP contribution in [0.15, 0.2) is 0 Å². The monoisotopic (exact) mass is 240 g/mol. The number of rotatable bonds is 8. The van der Waals surface area contributed by atoms with Crippen molar-refractivity contribution in [2.24, 2.45) is 0 Å². The Morgan fingerprint density at radius 3 is 2.19 bits per heavy atom. The number of carbonyl (C=O) groups excluding carboxylic acids is 1. The van der Waals surface area contributed by atoms with Crippen molar-refractivity contribution in [3.8, 4) is 0 Å². The van der Waals surface area contributed by atoms with E-state index in [2.05, 4.69) is 9.78 Å². The van der Waals surface area contributed by atoms with Gasteiger partial charge in [-0.05, 0) is 0 Å². The molecule has 0 radical (unpaired) electrons. The lowest BCUT2D eigenvalue weighted by Gasteiger charge is -2.26. The second-order valence-electron chi connectivity index (χ2n) is 3.19. The van der Waals surface area contributed by atoms with E-state index in [1.54, 1.807) is 0 Å². The summed E-state index contributed by atoms with van der Waals surface area (Å²) in [4.78, 5) is 18.4. The van der Waals surface area contributed by atoms with E-state index in [4.69, 9.17) is 10.5 Å². The fourth-order valence-electron chi connectivity index (χ4n) is 1.09. The molecule has 0 fully saturated rings. The smallest absolute Gasteiger partial charge is 0.163 e. The Balaban J connectivity index is 4.52. The lowest BCUT2D eigenvalue weighted by atomic mass is 9.99. The van der Waals surface area contributed by atoms with Gasteiger partial charge in [-0.2, -0.15) is 0 Å². The maximum atomic E-state index is 11.1. The molecule has 0 aliphatic carbocycles. The van der Waals surface area contributed by atoms with Crippen LogP contribution < -0.4 is 0 Å². The number of ketones is 1. The minimum atomic E-state index is -1.79. The van der Waals surface area contributed by atoms with E-state index in [1.165, 1.54) is 6.92 Å². The van der Waals surface area contributed by atoms with Gasteiger partial charge in [-0.1, -0.05) is 6.92 Å². The predicted octanol–water partition coefficient (Wildman–Crippen LogP) is -1.60. The first-order valence-electron chi connectivity index (χ1n) is 4.63. The number of hydrogen-bond donors (Lipinski definition) is 5. The third kappa shape index (κ3) is 4.10. The summed E-state index contributed by atoms with van der Waals surface area (Å²) in [5.74, 6) is -0.671. The molecule has 0 aromatic heterocycles. The largest absolute Gasteiger partial charge is 0.388 e. The van der Waals surface area contributed by atoms with Gasteiger partial charge >= 0.3 is 0 Å². The quantitative estimate of drug-likeness (QED) is 0.252. The summed E-state index contributed by atoms with van der Waals surface area (Å²) in [7, 11) is 0. The molecular weight excluding hydrogens is 224 g/mol. The average Bonchev–Trinajstić information content (AvgIpc) is 2.28. The molecule has 8 nitrogen and oxygen atoms in total. The molecule has 0 heterocycles. The van der Waals surface area contributed by atoms with Crippen molar-refractivity contribution in [3.63, 3.8) is 0 Å². The predicted molar refractivity (Wildman–Crippen MR) is 49.4 cm³/mol. The summed E-state index contributed by atoms with van der Waals surface area (Å²) in [6, 6.07) is 0. The van der Waals surface area contributed by atoms with Gasteiger partial charge in [-0.25, -0.2) is 9.78 Å². The summed E-state index contributed by atoms with van der Waals surface area (Å²) in [6.07, 6.45) is -6.93. The van der Waals surface area contributed by atoms with Gasteiger partial charge in [0.25, 0.3) is 0 Å². The van der Waals surface area contributed by atoms with E-state index in [0.717, 1.165) is 0 Å². The molecular formula is C8H16O8. The highest BCUT2D eigenvalue weighted by molar-refractivity contribution is 5.83. The molecule has 5 N–H and O–H groups in total. The van der Waals surface area contributed by atoms with Crippen molar-refractivity contribution in [2.45, 2.75) is 37.8 Å². The van der Waals surface area contributed by atoms with Crippen molar-refractivity contribution >= 4 is 5.78 Å². The minimum Gasteiger partial charge on any atom is -0.388 e. The Hall–Kier alpha value is -0.610. The first-order valence-corrected chi connectivity index (χ1v) is 4.63. The molecule has 4 atom stereocenters. The SMILES string of the molecule is CCC(=O)[C@H](O)[C@@H](OO)[C@H](O)[C@H](O)COO. The first kappa shape index (κ1) is 15.4. The lowest BCUT2D eigenvalue weighted by Crippen LogP contribution is -2.49. The van der Waals surface area contributed by atoms with E-state index in [-0.39, 0.29) is 6.42 Å². The Kier molecular flexibility index (Phi) is 7.34. The summed E-state index contributed by atoms with van der Waals surface area (Å²) >= 11 is 0. The van der Waals surface area contributed by atoms with E-state index < -0.39 is 36.8 Å². The standard InChI is InChI=1S/C8H16O8/c1-2-4(9)6(11)8(16-14)7(12)5(10)3-15-13/h5-8,10-14H,2-3H2,1H3/t5-,6+,7-,8-/m1/s1. The zero-order valence-electron chi connectivity index (χ0n) is 8.68. The molecule has 0 aromatic carbocycles. The van der Waals surface area contributed by atoms with Crippen LogP contribution in [0.4, 0.5) is 0 Å². The molecule has 8 heteroatoms. The highest BCUT2D eigenvalue weighted by Gasteiger charge is 2.36. The Morgan fingerprint density at radius 2 is 1.81 bits per heavy atom. The van der Waals surface area contributed by atoms with Crippen molar-refractivity contribution in [3.05, 3.63) is 0 Å². The third-order valence-corrected chi connectivity index (χ3v) is 2.09. The zero-order valence-corrected chi connectivity index (χ0v) is 8.68. The van der Waals surface area contributed by atoms with Gasteiger partial charge in [0.05, 0.1) is 0 Å². The van der Waals surface area contributed by atoms with E-state index in [9.17, 15) is 20.1 Å². The molecule has 0 aliphatic heterocycles. The summed E-state index contributed by atoms with van der Waals surface area (Å²) in [5, 5.41) is 44.4. The van der Waals surface area contributed by atoms with Gasteiger partial charge < -0.3 is 15.3 Å². The minimum absolute atomic E-state index is 0.0274. The van der Waals surface area contributed by atoms with Crippen LogP contribution in [0.25, 0.3) is 0 Å². The summed E-state index contributed by atoms with van der Waals surface area (Å²) < 4.78 is 0. The molecule has 16 heavy (non-hydrogen) atoms. The molecule has 0 saturated heterocycles. The average molecular weight is 240 g/mol. The van der Waals surface area contributed by atoms with Crippen LogP contribution in [0.2, 0.25) is 0 Å². The Labute approximate surface area is 91.5 Å². The highest BCUT2D eigenvalue weighted by Crippen LogP contribution is 2.11. The number of aliphatic hydroxyl groups is 3. The van der Waals surface area contributed by atoms with Crippen LogP contribution in [0.3, 0.4) is 0 Å². The second kappa shape index (κ2) is 7.63. The Morgan fingerprint density at radius 1 is 1.25 bits per heavy atom. The molecule has 0 spiro atoms. The maximum Gasteiger partial charge on any atom is 0.163 e. The lowest BCUT2D eigenvalue weighted by molar-refractivity contribution is -0.326. The number of aliphatic hydroxyl groups excluding tert-OH is 3. The van der Waals surface area contributed by atoms with Gasteiger partial charge in [0.15, 0.2) is 11.9 Å². The van der Waals surface area contributed by atoms with Gasteiger partial charge in [0.2, 0.25) is 0 Å². The molecule has 0 aliphatic rings. The summed E-state index contributed by atoms with van der Waals surface area (Å²) in [6.45, 7) is 0.813. The van der Waals surface area contributed by atoms with Crippen molar-refractivity contribution in [2.75, 3.05) is 6.61 Å². The molecule has 0 amide bonds. The topological polar surface area (TPSA) is 137 Å². The third-order valence-electron chi connectivity index (χ3n) is 2.09. The molecule has 0 bridgehead atoms. The van der Waals surface area contributed by atoms with E-state index >= 15 is 0 Å². The first-order chi connectivity index (χ1) is 7.49. The summed E-state index contributed by atoms with van der Waals surface area (Å²) in [5.41, 5.74) is 0. The van der Waals surface area contributed by atoms with Gasteiger partial charge in [-0.3, -0.25) is 15.3 Å². The van der Waals surface area contributed by atoms with Crippen LogP contribution in [0, 0.1) is 0 Å². The number of carbonyl (C=O) groups is 1. The van der Waals surface area contributed by atoms with Crippen molar-refractivity contribution < 1.29 is 40.4 Å². The van der Waals surface area contributed by atoms with Crippen LogP contribution >= 0.6 is 0 Å². The molecule has 0 unspecified atom stereocenters. The van der Waals surface area contributed by atoms with Crippen LogP contribution in [-0.4, -0.2) is 62.6 Å². The maximum absolute atomic E-state index is 11.1. The van der Waals surface area contributed by atoms with Crippen LogP contribution in [-0.2, 0) is 14.6 Å². The van der Waals surface area contributed by atoms with Gasteiger partial charge in [-0.15, -0.1) is 0 Å². The normalized spacial score (nSPS) is 18.9. The van der Waals surface area contributed by atoms with Crippen LogP contribution in [0.1, 0.15) is 13.3 Å². The molecule has 0 saturated carbocycles. The number of Topliss-reactive ketones (excluding diaryl/α,β-unsaturated/α-hetero) is 1. The second-order valence-corrected chi connectivity index (χ2v) is 3.19. The Bertz CT molecular complexity index is 208. The van der Waals surface area contributed by atoms with Crippen molar-refractivity contribution in [1.29, 1.82) is 0 Å². The fraction of sp³-hybridized carbons (Fsp3) is 0.875. The fourth-order valence-corrected chi connectivity index (χ4v) is 1.09. The van der Waals surface area contributed by atoms with Gasteiger partial charge in [0, 0.05) is 6.42 Å². The van der Waals surface area contributed by atoms with Crippen molar-refractivity contribution in [1.82, 2.24) is 0 Å². The van der Waals surface area contributed by atoms with E-state index in [0.29, 0.717) is 0 Å².